The fraction of sp³-hybridized carbons (Fsp3) is 0.176. The van der Waals surface area contributed by atoms with Gasteiger partial charge in [-0.1, -0.05) is 11.3 Å². The number of furan rings is 1. The van der Waals surface area contributed by atoms with Gasteiger partial charge in [0.15, 0.2) is 16.9 Å². The molecule has 4 rings (SSSR count). The summed E-state index contributed by atoms with van der Waals surface area (Å²) in [6.45, 7) is 2.02. The van der Waals surface area contributed by atoms with E-state index in [2.05, 4.69) is 20.3 Å². The van der Waals surface area contributed by atoms with Gasteiger partial charge in [0, 0.05) is 11.6 Å². The van der Waals surface area contributed by atoms with Crippen LogP contribution in [0, 0.1) is 6.92 Å². The molecule has 4 aromatic rings. The maximum absolute atomic E-state index is 11.0. The first-order chi connectivity index (χ1) is 14.2. The van der Waals surface area contributed by atoms with Crippen LogP contribution in [0.5, 0.6) is 5.75 Å². The number of nitrogens with zero attached hydrogens (tertiary/aromatic N) is 5. The van der Waals surface area contributed by atoms with Gasteiger partial charge >= 0.3 is 10.3 Å². The molecule has 0 atom stereocenters. The lowest BCUT2D eigenvalue weighted by molar-refractivity contribution is 0.407. The minimum Gasteiger partial charge on any atom is -0.496 e. The summed E-state index contributed by atoms with van der Waals surface area (Å²) in [5, 5.41) is 8.31. The summed E-state index contributed by atoms with van der Waals surface area (Å²) in [6.07, 6.45) is 0. The molecular weight excluding hydrogens is 414 g/mol. The molecule has 0 unspecified atom stereocenters. The number of anilines is 2. The van der Waals surface area contributed by atoms with Gasteiger partial charge in [-0.2, -0.15) is 13.4 Å². The van der Waals surface area contributed by atoms with Crippen LogP contribution < -0.4 is 15.2 Å². The third kappa shape index (κ3) is 3.88. The van der Waals surface area contributed by atoms with Crippen LogP contribution in [0.2, 0.25) is 0 Å². The largest absolute Gasteiger partial charge is 0.496 e. The van der Waals surface area contributed by atoms with Crippen molar-refractivity contribution < 1.29 is 22.1 Å². The first-order valence-corrected chi connectivity index (χ1v) is 10.0. The minimum atomic E-state index is -4.40. The van der Waals surface area contributed by atoms with Crippen LogP contribution in [0.15, 0.2) is 34.7 Å². The fourth-order valence-electron chi connectivity index (χ4n) is 2.96. The summed E-state index contributed by atoms with van der Waals surface area (Å²) in [6, 6.07) is 8.10. The van der Waals surface area contributed by atoms with E-state index in [0.717, 1.165) is 0 Å². The number of nitrogens with one attached hydrogen (secondary N) is 1. The van der Waals surface area contributed by atoms with Crippen LogP contribution in [0.3, 0.4) is 0 Å². The van der Waals surface area contributed by atoms with Crippen LogP contribution in [-0.2, 0) is 16.8 Å². The predicted octanol–water partition coefficient (Wildman–Crippen LogP) is 1.64. The van der Waals surface area contributed by atoms with Gasteiger partial charge in [0.1, 0.15) is 17.2 Å². The van der Waals surface area contributed by atoms with E-state index in [1.165, 1.54) is 23.9 Å². The molecule has 0 radical (unpaired) electrons. The van der Waals surface area contributed by atoms with Crippen molar-refractivity contribution in [2.45, 2.75) is 13.5 Å². The summed E-state index contributed by atoms with van der Waals surface area (Å²) < 4.78 is 45.4. The molecule has 0 spiro atoms. The van der Waals surface area contributed by atoms with E-state index >= 15 is 0 Å². The van der Waals surface area contributed by atoms with Crippen LogP contribution >= 0.6 is 0 Å². The van der Waals surface area contributed by atoms with E-state index in [1.807, 2.05) is 11.6 Å². The number of ether oxygens (including phenoxy) is 1. The Labute approximate surface area is 170 Å². The average molecular weight is 431 g/mol. The summed E-state index contributed by atoms with van der Waals surface area (Å²) in [5.74, 6) is 1.62. The topological polar surface area (TPSA) is 171 Å². The average Bonchev–Trinajstić information content (AvgIpc) is 3.27. The third-order valence-electron chi connectivity index (χ3n) is 4.21. The highest BCUT2D eigenvalue weighted by molar-refractivity contribution is 7.87. The summed E-state index contributed by atoms with van der Waals surface area (Å²) in [4.78, 5) is 8.47. The Bertz CT molecular complexity index is 1350. The van der Waals surface area contributed by atoms with Gasteiger partial charge < -0.3 is 14.9 Å². The van der Waals surface area contributed by atoms with Crippen molar-refractivity contribution in [3.05, 3.63) is 41.7 Å². The number of aromatic nitrogens is 5. The highest BCUT2D eigenvalue weighted by Gasteiger charge is 2.19. The minimum absolute atomic E-state index is 0.0368. The lowest BCUT2D eigenvalue weighted by Gasteiger charge is -2.11. The van der Waals surface area contributed by atoms with Gasteiger partial charge in [0.2, 0.25) is 5.95 Å². The van der Waals surface area contributed by atoms with Crippen molar-refractivity contribution in [3.8, 4) is 17.2 Å². The highest BCUT2D eigenvalue weighted by Crippen LogP contribution is 2.29. The molecule has 0 amide bonds. The van der Waals surface area contributed by atoms with Crippen LogP contribution in [0.4, 0.5) is 11.6 Å². The van der Waals surface area contributed by atoms with E-state index < -0.39 is 10.3 Å². The maximum Gasteiger partial charge on any atom is 0.357 e. The van der Waals surface area contributed by atoms with Gasteiger partial charge in [0.25, 0.3) is 0 Å². The molecule has 0 saturated carbocycles. The lowest BCUT2D eigenvalue weighted by Crippen LogP contribution is -2.11. The number of fused-ring (bicyclic) bond motifs is 1. The number of rotatable bonds is 6. The molecule has 12 nitrogen and oxygen atoms in total. The molecule has 13 heteroatoms. The number of methoxy groups -OCH3 is 1. The number of nitrogen functional groups attached to an aromatic ring is 1. The Balaban J connectivity index is 1.74. The molecule has 0 aliphatic heterocycles. The molecule has 3 heterocycles. The second-order valence-electron chi connectivity index (χ2n) is 6.36. The van der Waals surface area contributed by atoms with Crippen molar-refractivity contribution in [1.29, 1.82) is 0 Å². The zero-order chi connectivity index (χ0) is 21.5. The first kappa shape index (κ1) is 19.6. The molecule has 0 saturated heterocycles. The Morgan fingerprint density at radius 1 is 1.27 bits per heavy atom. The first-order valence-electron chi connectivity index (χ1n) is 8.59. The van der Waals surface area contributed by atoms with E-state index in [-0.39, 0.29) is 18.2 Å². The quantitative estimate of drug-likeness (QED) is 0.381. The van der Waals surface area contributed by atoms with Gasteiger partial charge in [-0.3, -0.25) is 9.27 Å². The van der Waals surface area contributed by atoms with E-state index in [0.29, 0.717) is 39.7 Å². The standard InChI is InChI=1S/C17H17N7O5S/c1-9-3-6-12(29-9)14-15-16(20-17(18)19-14)24(23-21-15)8-10-4-5-11(7-13(10)28-2)22-30(25,26)27/h3-7,22H,8H2,1-2H3,(H2,18,19,20)(H,25,26,27). The number of hydrogen-bond acceptors (Lipinski definition) is 9. The Morgan fingerprint density at radius 2 is 2.07 bits per heavy atom. The smallest absolute Gasteiger partial charge is 0.357 e. The number of hydrogen-bond donors (Lipinski definition) is 3. The molecule has 0 bridgehead atoms. The van der Waals surface area contributed by atoms with E-state index in [1.54, 1.807) is 18.2 Å². The molecule has 0 aliphatic carbocycles. The summed E-state index contributed by atoms with van der Waals surface area (Å²) in [5.41, 5.74) is 7.93. The molecular formula is C17H17N7O5S. The fourth-order valence-corrected chi connectivity index (χ4v) is 3.39. The van der Waals surface area contributed by atoms with Crippen LogP contribution in [0.25, 0.3) is 22.6 Å². The highest BCUT2D eigenvalue weighted by atomic mass is 32.2. The zero-order valence-corrected chi connectivity index (χ0v) is 16.7. The normalized spacial score (nSPS) is 11.7. The molecule has 30 heavy (non-hydrogen) atoms. The lowest BCUT2D eigenvalue weighted by atomic mass is 10.2. The molecule has 4 N–H and O–H groups in total. The maximum atomic E-state index is 11.0. The molecule has 3 aromatic heterocycles. The second kappa shape index (κ2) is 7.27. The Kier molecular flexibility index (Phi) is 4.75. The Morgan fingerprint density at radius 3 is 2.73 bits per heavy atom. The molecule has 0 fully saturated rings. The van der Waals surface area contributed by atoms with Crippen molar-refractivity contribution in [1.82, 2.24) is 25.0 Å². The second-order valence-corrected chi connectivity index (χ2v) is 7.52. The van der Waals surface area contributed by atoms with Crippen molar-refractivity contribution in [2.75, 3.05) is 17.6 Å². The van der Waals surface area contributed by atoms with E-state index in [9.17, 15) is 8.42 Å². The summed E-state index contributed by atoms with van der Waals surface area (Å²) >= 11 is 0. The van der Waals surface area contributed by atoms with Crippen molar-refractivity contribution in [2.24, 2.45) is 0 Å². The summed E-state index contributed by atoms with van der Waals surface area (Å²) in [7, 11) is -2.96. The van der Waals surface area contributed by atoms with E-state index in [4.69, 9.17) is 19.4 Å². The Hall–Kier alpha value is -3.71. The van der Waals surface area contributed by atoms with Crippen LogP contribution in [-0.4, -0.2) is 45.0 Å². The zero-order valence-electron chi connectivity index (χ0n) is 15.9. The number of aryl methyl sites for hydroxylation is 1. The number of benzene rings is 1. The van der Waals surface area contributed by atoms with Crippen molar-refractivity contribution in [3.63, 3.8) is 0 Å². The third-order valence-corrected chi connectivity index (χ3v) is 4.70. The monoisotopic (exact) mass is 431 g/mol. The molecule has 156 valence electrons. The van der Waals surface area contributed by atoms with Crippen LogP contribution in [0.1, 0.15) is 11.3 Å². The molecule has 1 aromatic carbocycles. The predicted molar refractivity (Wildman–Crippen MR) is 107 cm³/mol. The van der Waals surface area contributed by atoms with Gasteiger partial charge in [-0.25, -0.2) is 9.67 Å². The van der Waals surface area contributed by atoms with Gasteiger partial charge in [-0.15, -0.1) is 5.10 Å². The molecule has 0 aliphatic rings. The van der Waals surface area contributed by atoms with Crippen molar-refractivity contribution >= 4 is 33.1 Å². The SMILES string of the molecule is COc1cc(NS(=O)(=O)O)ccc1Cn1nnc2c(-c3ccc(C)o3)nc(N)nc21. The van der Waals surface area contributed by atoms with Gasteiger partial charge in [0.05, 0.1) is 19.3 Å². The number of nitrogens with two attached hydrogens (primary N) is 1. The van der Waals surface area contributed by atoms with Gasteiger partial charge in [-0.05, 0) is 25.1 Å².